The Balaban J connectivity index is 1.61. The number of nitrogens with zero attached hydrogens (tertiary/aromatic N) is 1. The molecule has 0 aromatic heterocycles. The van der Waals surface area contributed by atoms with Crippen LogP contribution >= 0.6 is 0 Å². The molecular weight excluding hydrogens is 478 g/mol. The number of carbonyl (C=O) groups is 5. The molecule has 9 heteroatoms. The second kappa shape index (κ2) is 9.14. The average Bonchev–Trinajstić information content (AvgIpc) is 3.11. The number of aliphatic carboxylic acids is 1. The summed E-state index contributed by atoms with van der Waals surface area (Å²) in [5.41, 5.74) is 2.03. The van der Waals surface area contributed by atoms with Gasteiger partial charge < -0.3 is 14.9 Å². The van der Waals surface area contributed by atoms with E-state index in [0.717, 1.165) is 10.5 Å². The summed E-state index contributed by atoms with van der Waals surface area (Å²) in [6, 6.07) is 4.68. The number of carboxylic acid groups (broad SMARTS) is 1. The summed E-state index contributed by atoms with van der Waals surface area (Å²) in [7, 11) is 1.48. The zero-order valence-corrected chi connectivity index (χ0v) is 20.5. The largest absolute Gasteiger partial charge is 0.508 e. The second-order valence-electron chi connectivity index (χ2n) is 9.98. The van der Waals surface area contributed by atoms with Crippen LogP contribution in [0.4, 0.5) is 0 Å². The lowest BCUT2D eigenvalue weighted by molar-refractivity contribution is -0.142. The predicted molar refractivity (Wildman–Crippen MR) is 130 cm³/mol. The number of amides is 2. The number of phenolic OH excluding ortho intramolecular Hbond substituents is 1. The van der Waals surface area contributed by atoms with E-state index in [1.807, 2.05) is 6.08 Å². The molecule has 0 bridgehead atoms. The Labute approximate surface area is 213 Å². The molecule has 9 nitrogen and oxygen atoms in total. The second-order valence-corrected chi connectivity index (χ2v) is 9.98. The SMILES string of the molecule is COc1ccc(O)c(C2C3=CCC4C(=O)N(CCCC(=O)O)C(=O)C4C3CC3=C2C(=O)C=C(C)C3=O)c1. The minimum absolute atomic E-state index is 0.0202. The Kier molecular flexibility index (Phi) is 6.09. The van der Waals surface area contributed by atoms with Gasteiger partial charge in [0.25, 0.3) is 0 Å². The monoisotopic (exact) mass is 505 g/mol. The highest BCUT2D eigenvalue weighted by molar-refractivity contribution is 6.23. The Morgan fingerprint density at radius 1 is 1.14 bits per heavy atom. The summed E-state index contributed by atoms with van der Waals surface area (Å²) < 4.78 is 5.35. The topological polar surface area (TPSA) is 138 Å². The maximum absolute atomic E-state index is 13.5. The van der Waals surface area contributed by atoms with Crippen molar-refractivity contribution in [1.82, 2.24) is 4.90 Å². The van der Waals surface area contributed by atoms with Gasteiger partial charge in [-0.05, 0) is 56.4 Å². The van der Waals surface area contributed by atoms with E-state index in [1.165, 1.54) is 19.3 Å². The highest BCUT2D eigenvalue weighted by Crippen LogP contribution is 2.56. The Morgan fingerprint density at radius 3 is 2.59 bits per heavy atom. The number of phenols is 1. The van der Waals surface area contributed by atoms with Crippen molar-refractivity contribution < 1.29 is 38.9 Å². The minimum atomic E-state index is -1.00. The van der Waals surface area contributed by atoms with E-state index in [9.17, 15) is 29.1 Å². The van der Waals surface area contributed by atoms with E-state index in [2.05, 4.69) is 0 Å². The maximum atomic E-state index is 13.5. The van der Waals surface area contributed by atoms with Gasteiger partial charge >= 0.3 is 5.97 Å². The number of likely N-dealkylation sites (tertiary alicyclic amines) is 1. The number of allylic oxidation sites excluding steroid dienone is 6. The number of benzene rings is 1. The van der Waals surface area contributed by atoms with Gasteiger partial charge in [0, 0.05) is 41.2 Å². The van der Waals surface area contributed by atoms with E-state index in [-0.39, 0.29) is 66.9 Å². The van der Waals surface area contributed by atoms with E-state index >= 15 is 0 Å². The zero-order valence-electron chi connectivity index (χ0n) is 20.5. The Bertz CT molecular complexity index is 1350. The smallest absolute Gasteiger partial charge is 0.303 e. The number of Topliss-reactive ketones (excluding diaryl/α,β-unsaturated/α-hetero) is 1. The lowest BCUT2D eigenvalue weighted by atomic mass is 9.59. The number of ether oxygens (including phenoxy) is 1. The molecule has 2 amide bonds. The number of hydrogen-bond acceptors (Lipinski definition) is 7. The third kappa shape index (κ3) is 3.89. The van der Waals surface area contributed by atoms with Gasteiger partial charge in [0.2, 0.25) is 11.8 Å². The van der Waals surface area contributed by atoms with Crippen molar-refractivity contribution in [1.29, 1.82) is 0 Å². The van der Waals surface area contributed by atoms with Gasteiger partial charge in [0.15, 0.2) is 11.6 Å². The van der Waals surface area contributed by atoms with Crippen LogP contribution in [0.2, 0.25) is 0 Å². The first-order valence-corrected chi connectivity index (χ1v) is 12.3. The quantitative estimate of drug-likeness (QED) is 0.342. The molecule has 4 aliphatic rings. The maximum Gasteiger partial charge on any atom is 0.303 e. The van der Waals surface area contributed by atoms with Crippen molar-refractivity contribution >= 4 is 29.4 Å². The summed E-state index contributed by atoms with van der Waals surface area (Å²) in [6.07, 6.45) is 3.60. The molecule has 1 aromatic rings. The summed E-state index contributed by atoms with van der Waals surface area (Å²) >= 11 is 0. The number of aromatic hydroxyl groups is 1. The highest BCUT2D eigenvalue weighted by Gasteiger charge is 2.56. The fourth-order valence-corrected chi connectivity index (χ4v) is 6.30. The summed E-state index contributed by atoms with van der Waals surface area (Å²) in [5, 5.41) is 19.8. The van der Waals surface area contributed by atoms with Crippen LogP contribution in [0.1, 0.15) is 44.1 Å². The van der Waals surface area contributed by atoms with Crippen molar-refractivity contribution in [2.24, 2.45) is 17.8 Å². The van der Waals surface area contributed by atoms with Gasteiger partial charge in [0.1, 0.15) is 11.5 Å². The van der Waals surface area contributed by atoms with E-state index in [1.54, 1.807) is 19.1 Å². The summed E-state index contributed by atoms with van der Waals surface area (Å²) in [5.74, 6) is -4.55. The van der Waals surface area contributed by atoms with Crippen molar-refractivity contribution in [3.8, 4) is 11.5 Å². The van der Waals surface area contributed by atoms with Crippen LogP contribution < -0.4 is 4.74 Å². The Hall–Kier alpha value is -4.01. The molecule has 1 aliphatic heterocycles. The van der Waals surface area contributed by atoms with E-state index in [0.29, 0.717) is 22.5 Å². The normalized spacial score (nSPS) is 26.9. The molecular formula is C28H27NO8. The van der Waals surface area contributed by atoms with Crippen LogP contribution in [0.25, 0.3) is 0 Å². The molecule has 0 radical (unpaired) electrons. The fraction of sp³-hybridized carbons (Fsp3) is 0.393. The highest BCUT2D eigenvalue weighted by atomic mass is 16.5. The number of fused-ring (bicyclic) bond motifs is 3. The molecule has 4 atom stereocenters. The molecule has 0 spiro atoms. The number of rotatable bonds is 6. The van der Waals surface area contributed by atoms with Gasteiger partial charge in [-0.3, -0.25) is 28.9 Å². The number of carboxylic acids is 1. The number of carbonyl (C=O) groups excluding carboxylic acids is 4. The Morgan fingerprint density at radius 2 is 1.89 bits per heavy atom. The van der Waals surface area contributed by atoms with Crippen LogP contribution in [-0.4, -0.2) is 58.1 Å². The molecule has 1 aromatic carbocycles. The minimum Gasteiger partial charge on any atom is -0.508 e. The molecule has 5 rings (SSSR count). The first-order chi connectivity index (χ1) is 17.6. The average molecular weight is 506 g/mol. The summed E-state index contributed by atoms with van der Waals surface area (Å²) in [6.45, 7) is 1.60. The molecule has 2 N–H and O–H groups in total. The fourth-order valence-electron chi connectivity index (χ4n) is 6.30. The van der Waals surface area contributed by atoms with E-state index in [4.69, 9.17) is 9.84 Å². The van der Waals surface area contributed by atoms with Crippen molar-refractivity contribution in [3.63, 3.8) is 0 Å². The lowest BCUT2D eigenvalue weighted by Crippen LogP contribution is -2.40. The number of hydrogen-bond donors (Lipinski definition) is 2. The zero-order chi connectivity index (χ0) is 26.6. The first kappa shape index (κ1) is 24.7. The van der Waals surface area contributed by atoms with Crippen LogP contribution in [-0.2, 0) is 24.0 Å². The van der Waals surface area contributed by atoms with Crippen LogP contribution in [0.15, 0.2) is 52.6 Å². The molecule has 1 fully saturated rings. The third-order valence-corrected chi connectivity index (χ3v) is 7.97. The van der Waals surface area contributed by atoms with Gasteiger partial charge in [-0.15, -0.1) is 0 Å². The van der Waals surface area contributed by atoms with Gasteiger partial charge in [-0.2, -0.15) is 0 Å². The number of methoxy groups -OCH3 is 1. The molecule has 1 heterocycles. The van der Waals surface area contributed by atoms with Crippen molar-refractivity contribution in [2.45, 2.75) is 38.5 Å². The van der Waals surface area contributed by atoms with Gasteiger partial charge in [-0.25, -0.2) is 0 Å². The molecule has 4 unspecified atom stereocenters. The van der Waals surface area contributed by atoms with Crippen molar-refractivity contribution in [3.05, 3.63) is 58.2 Å². The van der Waals surface area contributed by atoms with E-state index < -0.39 is 29.6 Å². The summed E-state index contributed by atoms with van der Waals surface area (Å²) in [4.78, 5) is 65.3. The molecule has 1 saturated heterocycles. The first-order valence-electron chi connectivity index (χ1n) is 12.3. The van der Waals surface area contributed by atoms with Crippen LogP contribution in [0.3, 0.4) is 0 Å². The van der Waals surface area contributed by atoms with Crippen LogP contribution in [0, 0.1) is 17.8 Å². The van der Waals surface area contributed by atoms with Gasteiger partial charge in [-0.1, -0.05) is 11.6 Å². The predicted octanol–water partition coefficient (Wildman–Crippen LogP) is 2.70. The molecule has 37 heavy (non-hydrogen) atoms. The lowest BCUT2D eigenvalue weighted by Gasteiger charge is -2.42. The number of ketones is 2. The number of imide groups is 1. The molecule has 3 aliphatic carbocycles. The molecule has 0 saturated carbocycles. The standard InChI is InChI=1S/C28H27NO8/c1-13-10-21(31)25-19(26(13)34)12-17-15(23(25)18-11-14(37-2)5-8-20(18)30)6-7-16-24(17)28(36)29(27(16)35)9-3-4-22(32)33/h5-6,8,10-11,16-17,23-24,30H,3-4,7,9,12H2,1-2H3,(H,32,33). The van der Waals surface area contributed by atoms with Crippen LogP contribution in [0.5, 0.6) is 11.5 Å². The third-order valence-electron chi connectivity index (χ3n) is 7.97. The van der Waals surface area contributed by atoms with Crippen molar-refractivity contribution in [2.75, 3.05) is 13.7 Å². The van der Waals surface area contributed by atoms with Gasteiger partial charge in [0.05, 0.1) is 18.9 Å². The molecule has 192 valence electrons.